The van der Waals surface area contributed by atoms with Crippen LogP contribution < -0.4 is 5.32 Å². The van der Waals surface area contributed by atoms with Crippen LogP contribution >= 0.6 is 34.9 Å². The lowest BCUT2D eigenvalue weighted by Crippen LogP contribution is -2.48. The third-order valence-electron chi connectivity index (χ3n) is 2.58. The highest BCUT2D eigenvalue weighted by molar-refractivity contribution is 8.02. The van der Waals surface area contributed by atoms with Gasteiger partial charge in [-0.25, -0.2) is 0 Å². The number of rotatable bonds is 7. The fraction of sp³-hybridized carbons (Fsp3) is 0.700. The van der Waals surface area contributed by atoms with Crippen LogP contribution in [0.4, 0.5) is 0 Å². The Bertz CT molecular complexity index is 399. The summed E-state index contributed by atoms with van der Waals surface area (Å²) >= 11 is 4.77. The van der Waals surface area contributed by atoms with E-state index in [0.717, 1.165) is 14.4 Å². The second-order valence-corrected chi connectivity index (χ2v) is 7.08. The van der Waals surface area contributed by atoms with E-state index < -0.39 is 5.54 Å². The van der Waals surface area contributed by atoms with Crippen LogP contribution in [0.5, 0.6) is 0 Å². The van der Waals surface area contributed by atoms with Crippen molar-refractivity contribution in [1.29, 1.82) is 0 Å². The smallest absolute Gasteiger partial charge is 0.325 e. The Kier molecular flexibility index (Phi) is 6.40. The summed E-state index contributed by atoms with van der Waals surface area (Å²) in [5, 5.41) is 11.1. The van der Waals surface area contributed by atoms with Gasteiger partial charge in [0, 0.05) is 5.75 Å². The zero-order valence-corrected chi connectivity index (χ0v) is 13.3. The Morgan fingerprint density at radius 1 is 1.50 bits per heavy atom. The van der Waals surface area contributed by atoms with Crippen LogP contribution in [0.1, 0.15) is 13.3 Å². The molecule has 0 bridgehead atoms. The molecule has 0 amide bonds. The summed E-state index contributed by atoms with van der Waals surface area (Å²) in [6.45, 7) is 1.84. The van der Waals surface area contributed by atoms with E-state index in [9.17, 15) is 4.79 Å². The van der Waals surface area contributed by atoms with Crippen LogP contribution in [0, 0.1) is 0 Å². The molecule has 1 unspecified atom stereocenters. The molecular weight excluding hydrogens is 290 g/mol. The average molecular weight is 307 g/mol. The highest BCUT2D eigenvalue weighted by Crippen LogP contribution is 2.28. The molecule has 0 aliphatic heterocycles. The fourth-order valence-corrected chi connectivity index (χ4v) is 3.90. The van der Waals surface area contributed by atoms with Gasteiger partial charge in [-0.3, -0.25) is 4.79 Å². The third-order valence-corrected chi connectivity index (χ3v) is 5.61. The molecule has 18 heavy (non-hydrogen) atoms. The number of carbonyl (C=O) groups excluding carboxylic acids is 1. The maximum Gasteiger partial charge on any atom is 0.325 e. The van der Waals surface area contributed by atoms with E-state index in [-0.39, 0.29) is 5.97 Å². The molecule has 0 spiro atoms. The average Bonchev–Trinajstić information content (AvgIpc) is 2.85. The second kappa shape index (κ2) is 7.32. The van der Waals surface area contributed by atoms with Crippen LogP contribution in [-0.2, 0) is 9.53 Å². The van der Waals surface area contributed by atoms with E-state index in [4.69, 9.17) is 4.74 Å². The number of likely N-dealkylation sites (N-methyl/N-ethyl adjacent to an activating group) is 1. The number of thioether (sulfide) groups is 2. The van der Waals surface area contributed by atoms with Gasteiger partial charge in [-0.2, -0.15) is 0 Å². The van der Waals surface area contributed by atoms with Crippen LogP contribution in [0.25, 0.3) is 0 Å². The van der Waals surface area contributed by atoms with Crippen LogP contribution in [-0.4, -0.2) is 47.9 Å². The first-order chi connectivity index (χ1) is 8.55. The molecule has 8 heteroatoms. The van der Waals surface area contributed by atoms with Crippen LogP contribution in [0.15, 0.2) is 8.68 Å². The first-order valence-corrected chi connectivity index (χ1v) is 8.36. The number of carbonyl (C=O) groups is 1. The standard InChI is InChI=1S/C10H17N3O2S3/c1-10(11-2,7(14)15-3)5-6-17-9-13-12-8(16-4)18-9/h11H,5-6H2,1-4H3. The summed E-state index contributed by atoms with van der Waals surface area (Å²) in [4.78, 5) is 11.6. The van der Waals surface area contributed by atoms with E-state index in [1.54, 1.807) is 41.9 Å². The minimum absolute atomic E-state index is 0.243. The number of nitrogens with zero attached hydrogens (tertiary/aromatic N) is 2. The van der Waals surface area contributed by atoms with Gasteiger partial charge in [0.2, 0.25) is 0 Å². The van der Waals surface area contributed by atoms with Crippen molar-refractivity contribution >= 4 is 40.8 Å². The van der Waals surface area contributed by atoms with Crippen molar-refractivity contribution in [3.63, 3.8) is 0 Å². The lowest BCUT2D eigenvalue weighted by Gasteiger charge is -2.25. The second-order valence-electron chi connectivity index (χ2n) is 3.71. The number of ether oxygens (including phenoxy) is 1. The predicted octanol–water partition coefficient (Wildman–Crippen LogP) is 1.89. The molecule has 0 saturated heterocycles. The first-order valence-electron chi connectivity index (χ1n) is 5.33. The van der Waals surface area contributed by atoms with Crippen LogP contribution in [0.3, 0.4) is 0 Å². The fourth-order valence-electron chi connectivity index (χ4n) is 1.23. The first kappa shape index (κ1) is 15.7. The number of aromatic nitrogens is 2. The Morgan fingerprint density at radius 3 is 2.67 bits per heavy atom. The zero-order valence-electron chi connectivity index (χ0n) is 10.8. The SMILES string of the molecule is CNC(C)(CCSc1nnc(SC)s1)C(=O)OC. The van der Waals surface area contributed by atoms with E-state index in [1.165, 1.54) is 7.11 Å². The maximum absolute atomic E-state index is 11.6. The summed E-state index contributed by atoms with van der Waals surface area (Å²) in [5.41, 5.74) is -0.644. The third kappa shape index (κ3) is 4.11. The quantitative estimate of drug-likeness (QED) is 0.609. The van der Waals surface area contributed by atoms with Crippen molar-refractivity contribution in [3.05, 3.63) is 0 Å². The van der Waals surface area contributed by atoms with Gasteiger partial charge in [-0.15, -0.1) is 10.2 Å². The number of esters is 1. The van der Waals surface area contributed by atoms with E-state index in [2.05, 4.69) is 15.5 Å². The zero-order chi connectivity index (χ0) is 13.6. The summed E-state index contributed by atoms with van der Waals surface area (Å²) < 4.78 is 6.68. The highest BCUT2D eigenvalue weighted by Gasteiger charge is 2.32. The molecule has 5 nitrogen and oxygen atoms in total. The summed E-state index contributed by atoms with van der Waals surface area (Å²) in [6.07, 6.45) is 2.65. The Hall–Kier alpha value is -0.310. The van der Waals surface area contributed by atoms with E-state index >= 15 is 0 Å². The number of hydrogen-bond acceptors (Lipinski definition) is 8. The van der Waals surface area contributed by atoms with Crippen molar-refractivity contribution in [2.45, 2.75) is 27.6 Å². The molecule has 1 aromatic heterocycles. The lowest BCUT2D eigenvalue weighted by atomic mass is 10.00. The predicted molar refractivity (Wildman–Crippen MR) is 76.5 cm³/mol. The van der Waals surface area contributed by atoms with Crippen LogP contribution in [0.2, 0.25) is 0 Å². The van der Waals surface area contributed by atoms with Crippen molar-refractivity contribution in [2.24, 2.45) is 0 Å². The van der Waals surface area contributed by atoms with Gasteiger partial charge in [0.05, 0.1) is 7.11 Å². The Labute approximate surface area is 119 Å². The van der Waals surface area contributed by atoms with Crippen molar-refractivity contribution in [3.8, 4) is 0 Å². The molecule has 0 radical (unpaired) electrons. The monoisotopic (exact) mass is 307 g/mol. The molecule has 102 valence electrons. The van der Waals surface area contributed by atoms with Gasteiger partial charge in [0.1, 0.15) is 5.54 Å². The van der Waals surface area contributed by atoms with Gasteiger partial charge >= 0.3 is 5.97 Å². The number of methoxy groups -OCH3 is 1. The minimum atomic E-state index is -0.644. The number of hydrogen-bond donors (Lipinski definition) is 1. The molecular formula is C10H17N3O2S3. The lowest BCUT2D eigenvalue weighted by molar-refractivity contribution is -0.147. The van der Waals surface area contributed by atoms with Gasteiger partial charge in [0.25, 0.3) is 0 Å². The largest absolute Gasteiger partial charge is 0.468 e. The molecule has 1 atom stereocenters. The molecule has 0 aromatic carbocycles. The number of nitrogens with one attached hydrogen (secondary N) is 1. The van der Waals surface area contributed by atoms with Crippen molar-refractivity contribution in [1.82, 2.24) is 15.5 Å². The van der Waals surface area contributed by atoms with Crippen molar-refractivity contribution < 1.29 is 9.53 Å². The molecule has 0 aliphatic rings. The minimum Gasteiger partial charge on any atom is -0.468 e. The molecule has 1 N–H and O–H groups in total. The van der Waals surface area contributed by atoms with E-state index in [0.29, 0.717) is 6.42 Å². The molecule has 0 fully saturated rings. The normalized spacial score (nSPS) is 14.2. The molecule has 0 aliphatic carbocycles. The molecule has 1 heterocycles. The topological polar surface area (TPSA) is 64.1 Å². The summed E-state index contributed by atoms with van der Waals surface area (Å²) in [5.74, 6) is 0.544. The van der Waals surface area contributed by atoms with Gasteiger partial charge in [0.15, 0.2) is 8.68 Å². The molecule has 1 aromatic rings. The van der Waals surface area contributed by atoms with Crippen molar-refractivity contribution in [2.75, 3.05) is 26.2 Å². The molecule has 0 saturated carbocycles. The Morgan fingerprint density at radius 2 is 2.17 bits per heavy atom. The molecule has 1 rings (SSSR count). The maximum atomic E-state index is 11.6. The van der Waals surface area contributed by atoms with Gasteiger partial charge < -0.3 is 10.1 Å². The Balaban J connectivity index is 2.46. The van der Waals surface area contributed by atoms with Gasteiger partial charge in [-0.05, 0) is 26.6 Å². The van der Waals surface area contributed by atoms with E-state index in [1.807, 2.05) is 13.2 Å². The highest BCUT2D eigenvalue weighted by atomic mass is 32.2. The summed E-state index contributed by atoms with van der Waals surface area (Å²) in [7, 11) is 3.17. The van der Waals surface area contributed by atoms with Gasteiger partial charge in [-0.1, -0.05) is 34.9 Å². The summed E-state index contributed by atoms with van der Waals surface area (Å²) in [6, 6.07) is 0.